The third kappa shape index (κ3) is 3.48. The summed E-state index contributed by atoms with van der Waals surface area (Å²) >= 11 is 0. The van der Waals surface area contributed by atoms with Crippen LogP contribution in [0.2, 0.25) is 0 Å². The third-order valence-corrected chi connectivity index (χ3v) is 5.89. The van der Waals surface area contributed by atoms with Gasteiger partial charge in [0.05, 0.1) is 0 Å². The zero-order chi connectivity index (χ0) is 18.1. The number of rotatable bonds is 0. The first-order chi connectivity index (χ1) is 13.4. The second kappa shape index (κ2) is 7.60. The van der Waals surface area contributed by atoms with Gasteiger partial charge in [-0.2, -0.15) is 0 Å². The minimum atomic E-state index is 0.933. The second-order valence-corrected chi connectivity index (χ2v) is 7.74. The molecule has 0 unspecified atom stereocenters. The first-order valence-corrected chi connectivity index (χ1v) is 10.2. The van der Waals surface area contributed by atoms with Gasteiger partial charge < -0.3 is 15.1 Å². The molecule has 142 valence electrons. The Morgan fingerprint density at radius 1 is 0.630 bits per heavy atom. The molecule has 3 aliphatic heterocycles. The van der Waals surface area contributed by atoms with E-state index in [2.05, 4.69) is 56.8 Å². The number of benzene rings is 2. The van der Waals surface area contributed by atoms with Gasteiger partial charge in [0.25, 0.3) is 0 Å². The number of fused-ring (bicyclic) bond motifs is 9. The molecule has 6 rings (SSSR count). The molecule has 3 aliphatic rings. The number of hydrogen-bond donors (Lipinski definition) is 2. The first kappa shape index (κ1) is 17.2. The molecule has 4 bridgehead atoms. The standard InChI is InChI=1S/C22H28N4O/c1-3-17-15-25-11-7-23-9-13-26(14-10-24-8-12-25)16-18-4-2-6-20-19(5-1)21(17)27-22(18)20/h1-6,23-24H,7-16H2. The minimum absolute atomic E-state index is 0.933. The van der Waals surface area contributed by atoms with Gasteiger partial charge >= 0.3 is 0 Å². The Kier molecular flexibility index (Phi) is 4.84. The van der Waals surface area contributed by atoms with Crippen LogP contribution in [0.25, 0.3) is 21.9 Å². The lowest BCUT2D eigenvalue weighted by Gasteiger charge is -2.27. The maximum absolute atomic E-state index is 6.51. The van der Waals surface area contributed by atoms with E-state index in [1.54, 1.807) is 0 Å². The molecule has 0 amide bonds. The van der Waals surface area contributed by atoms with E-state index in [1.807, 2.05) is 0 Å². The molecule has 2 N–H and O–H groups in total. The fourth-order valence-corrected chi connectivity index (χ4v) is 4.41. The van der Waals surface area contributed by atoms with Crippen molar-refractivity contribution in [2.45, 2.75) is 13.1 Å². The second-order valence-electron chi connectivity index (χ2n) is 7.74. The van der Waals surface area contributed by atoms with Gasteiger partial charge in [-0.05, 0) is 0 Å². The van der Waals surface area contributed by atoms with E-state index >= 15 is 0 Å². The topological polar surface area (TPSA) is 43.7 Å². The van der Waals surface area contributed by atoms with Crippen LogP contribution < -0.4 is 10.6 Å². The smallest absolute Gasteiger partial charge is 0.139 e. The van der Waals surface area contributed by atoms with Crippen LogP contribution in [0.4, 0.5) is 0 Å². The molecule has 1 aromatic heterocycles. The number of nitrogens with one attached hydrogen (secondary N) is 2. The molecule has 0 atom stereocenters. The van der Waals surface area contributed by atoms with Gasteiger partial charge in [-0.1, -0.05) is 36.4 Å². The predicted octanol–water partition coefficient (Wildman–Crippen LogP) is 2.40. The van der Waals surface area contributed by atoms with Gasteiger partial charge in [-0.15, -0.1) is 0 Å². The minimum Gasteiger partial charge on any atom is -0.455 e. The van der Waals surface area contributed by atoms with E-state index in [-0.39, 0.29) is 0 Å². The Morgan fingerprint density at radius 3 is 1.52 bits per heavy atom. The highest BCUT2D eigenvalue weighted by Gasteiger charge is 2.18. The number of furan rings is 1. The van der Waals surface area contributed by atoms with E-state index in [9.17, 15) is 0 Å². The highest BCUT2D eigenvalue weighted by Crippen LogP contribution is 2.33. The van der Waals surface area contributed by atoms with Crippen molar-refractivity contribution in [2.24, 2.45) is 0 Å². The number of nitrogens with zero attached hydrogens (tertiary/aromatic N) is 2. The van der Waals surface area contributed by atoms with Gasteiger partial charge in [0.15, 0.2) is 0 Å². The SMILES string of the molecule is c1cc2c3oc4c(cccc4c3c1)CN1CCNCCN(CCNCC1)C2. The Labute approximate surface area is 160 Å². The van der Waals surface area contributed by atoms with Crippen LogP contribution in [0, 0.1) is 0 Å². The van der Waals surface area contributed by atoms with Gasteiger partial charge in [0, 0.05) is 87.3 Å². The fourth-order valence-electron chi connectivity index (χ4n) is 4.41. The van der Waals surface area contributed by atoms with Crippen molar-refractivity contribution in [3.8, 4) is 0 Å². The van der Waals surface area contributed by atoms with Crippen LogP contribution in [-0.2, 0) is 13.1 Å². The zero-order valence-corrected chi connectivity index (χ0v) is 15.8. The van der Waals surface area contributed by atoms with Crippen molar-refractivity contribution < 1.29 is 4.42 Å². The third-order valence-electron chi connectivity index (χ3n) is 5.89. The van der Waals surface area contributed by atoms with Crippen molar-refractivity contribution in [2.75, 3.05) is 52.4 Å². The van der Waals surface area contributed by atoms with Crippen LogP contribution in [0.3, 0.4) is 0 Å². The quantitative estimate of drug-likeness (QED) is 0.641. The Bertz CT molecular complexity index is 848. The predicted molar refractivity (Wildman–Crippen MR) is 110 cm³/mol. The van der Waals surface area contributed by atoms with E-state index in [0.717, 1.165) is 76.6 Å². The lowest BCUT2D eigenvalue weighted by molar-refractivity contribution is 0.232. The summed E-state index contributed by atoms with van der Waals surface area (Å²) in [5.74, 6) is 0. The summed E-state index contributed by atoms with van der Waals surface area (Å²) in [5, 5.41) is 9.77. The summed E-state index contributed by atoms with van der Waals surface area (Å²) in [6.45, 7) is 10.2. The van der Waals surface area contributed by atoms with Gasteiger partial charge in [-0.3, -0.25) is 9.80 Å². The summed E-state index contributed by atoms with van der Waals surface area (Å²) in [6.07, 6.45) is 0. The molecule has 0 aliphatic carbocycles. The van der Waals surface area contributed by atoms with Crippen molar-refractivity contribution in [3.05, 3.63) is 47.5 Å². The Morgan fingerprint density at radius 2 is 1.07 bits per heavy atom. The van der Waals surface area contributed by atoms with Crippen LogP contribution in [0.1, 0.15) is 11.1 Å². The van der Waals surface area contributed by atoms with Crippen LogP contribution in [0.5, 0.6) is 0 Å². The Balaban J connectivity index is 1.68. The average molecular weight is 364 g/mol. The molecule has 0 saturated carbocycles. The van der Waals surface area contributed by atoms with E-state index in [4.69, 9.17) is 4.42 Å². The van der Waals surface area contributed by atoms with Crippen molar-refractivity contribution in [1.82, 2.24) is 20.4 Å². The molecule has 1 saturated heterocycles. The molecular formula is C22H28N4O. The lowest BCUT2D eigenvalue weighted by atomic mass is 10.1. The average Bonchev–Trinajstić information content (AvgIpc) is 3.06. The molecule has 5 nitrogen and oxygen atoms in total. The molecular weight excluding hydrogens is 336 g/mol. The summed E-state index contributed by atoms with van der Waals surface area (Å²) in [4.78, 5) is 5.07. The summed E-state index contributed by atoms with van der Waals surface area (Å²) in [5.41, 5.74) is 4.71. The maximum Gasteiger partial charge on any atom is 0.139 e. The molecule has 27 heavy (non-hydrogen) atoms. The van der Waals surface area contributed by atoms with E-state index in [1.165, 1.54) is 21.9 Å². The van der Waals surface area contributed by atoms with Crippen LogP contribution in [0.15, 0.2) is 40.8 Å². The highest BCUT2D eigenvalue weighted by atomic mass is 16.3. The normalized spacial score (nSPS) is 24.7. The Hall–Kier alpha value is -1.92. The van der Waals surface area contributed by atoms with E-state index in [0.29, 0.717) is 0 Å². The molecule has 1 fully saturated rings. The van der Waals surface area contributed by atoms with Crippen LogP contribution >= 0.6 is 0 Å². The van der Waals surface area contributed by atoms with Crippen molar-refractivity contribution in [3.63, 3.8) is 0 Å². The monoisotopic (exact) mass is 364 g/mol. The molecule has 0 radical (unpaired) electrons. The zero-order valence-electron chi connectivity index (χ0n) is 15.8. The number of para-hydroxylation sites is 2. The van der Waals surface area contributed by atoms with E-state index < -0.39 is 0 Å². The van der Waals surface area contributed by atoms with Gasteiger partial charge in [-0.25, -0.2) is 0 Å². The fraction of sp³-hybridized carbons (Fsp3) is 0.455. The molecule has 4 heterocycles. The van der Waals surface area contributed by atoms with Crippen molar-refractivity contribution in [1.29, 1.82) is 0 Å². The molecule has 0 spiro atoms. The summed E-state index contributed by atoms with van der Waals surface area (Å²) < 4.78 is 6.51. The first-order valence-electron chi connectivity index (χ1n) is 10.2. The maximum atomic E-state index is 6.51. The highest BCUT2D eigenvalue weighted by molar-refractivity contribution is 6.06. The number of hydrogen-bond acceptors (Lipinski definition) is 5. The molecule has 5 heteroatoms. The summed E-state index contributed by atoms with van der Waals surface area (Å²) in [6, 6.07) is 13.2. The lowest BCUT2D eigenvalue weighted by Crippen LogP contribution is -2.42. The summed E-state index contributed by atoms with van der Waals surface area (Å²) in [7, 11) is 0. The van der Waals surface area contributed by atoms with Crippen LogP contribution in [-0.4, -0.2) is 62.2 Å². The molecule has 2 aromatic carbocycles. The van der Waals surface area contributed by atoms with Gasteiger partial charge in [0.1, 0.15) is 11.2 Å². The van der Waals surface area contributed by atoms with Crippen molar-refractivity contribution >= 4 is 21.9 Å². The molecule has 3 aromatic rings. The van der Waals surface area contributed by atoms with Gasteiger partial charge in [0.2, 0.25) is 0 Å². The largest absolute Gasteiger partial charge is 0.455 e.